The standard InChI is InChI=1S/C15H17NO3S/c1-18-14-8-4-5-9-15(14)20(17)11-10-19-13-7-3-2-6-12(13)16/h2-9H,10-11,16H2,1H3. The molecule has 0 radical (unpaired) electrons. The van der Waals surface area contributed by atoms with E-state index in [2.05, 4.69) is 0 Å². The lowest BCUT2D eigenvalue weighted by molar-refractivity contribution is 0.344. The van der Waals surface area contributed by atoms with Crippen molar-refractivity contribution >= 4 is 16.5 Å². The summed E-state index contributed by atoms with van der Waals surface area (Å²) < 4.78 is 23.0. The van der Waals surface area contributed by atoms with Crippen LogP contribution in [0, 0.1) is 0 Å². The molecular formula is C15H17NO3S. The van der Waals surface area contributed by atoms with Gasteiger partial charge in [0.15, 0.2) is 0 Å². The van der Waals surface area contributed by atoms with Gasteiger partial charge in [0.05, 0.1) is 34.2 Å². The average molecular weight is 291 g/mol. The third kappa shape index (κ3) is 3.51. The van der Waals surface area contributed by atoms with Gasteiger partial charge in [-0.1, -0.05) is 24.3 Å². The summed E-state index contributed by atoms with van der Waals surface area (Å²) in [6.07, 6.45) is 0. The van der Waals surface area contributed by atoms with Gasteiger partial charge in [-0.15, -0.1) is 0 Å². The second-order valence-electron chi connectivity index (χ2n) is 4.09. The van der Waals surface area contributed by atoms with Crippen molar-refractivity contribution in [3.8, 4) is 11.5 Å². The van der Waals surface area contributed by atoms with Gasteiger partial charge < -0.3 is 15.2 Å². The maximum Gasteiger partial charge on any atom is 0.142 e. The molecule has 0 spiro atoms. The van der Waals surface area contributed by atoms with Gasteiger partial charge in [0, 0.05) is 0 Å². The molecule has 2 N–H and O–H groups in total. The predicted octanol–water partition coefficient (Wildman–Crippen LogP) is 2.46. The molecule has 106 valence electrons. The molecule has 4 nitrogen and oxygen atoms in total. The number of anilines is 1. The van der Waals surface area contributed by atoms with Crippen LogP contribution in [0.1, 0.15) is 0 Å². The van der Waals surface area contributed by atoms with Crippen LogP contribution in [0.3, 0.4) is 0 Å². The number of hydrogen-bond acceptors (Lipinski definition) is 4. The average Bonchev–Trinajstić information content (AvgIpc) is 2.49. The van der Waals surface area contributed by atoms with Gasteiger partial charge in [-0.2, -0.15) is 0 Å². The van der Waals surface area contributed by atoms with E-state index in [9.17, 15) is 4.21 Å². The molecule has 0 aliphatic heterocycles. The van der Waals surface area contributed by atoms with E-state index in [0.29, 0.717) is 34.4 Å². The van der Waals surface area contributed by atoms with Crippen molar-refractivity contribution in [1.29, 1.82) is 0 Å². The Hall–Kier alpha value is -2.01. The van der Waals surface area contributed by atoms with Gasteiger partial charge in [-0.3, -0.25) is 4.21 Å². The molecule has 0 aliphatic carbocycles. The maximum absolute atomic E-state index is 12.2. The molecule has 0 fully saturated rings. The molecule has 0 aliphatic rings. The van der Waals surface area contributed by atoms with E-state index in [-0.39, 0.29) is 0 Å². The summed E-state index contributed by atoms with van der Waals surface area (Å²) in [7, 11) is 0.401. The Morgan fingerprint density at radius 1 is 1.05 bits per heavy atom. The second kappa shape index (κ2) is 6.96. The fourth-order valence-corrected chi connectivity index (χ4v) is 2.82. The summed E-state index contributed by atoms with van der Waals surface area (Å²) in [5.41, 5.74) is 6.35. The molecule has 1 unspecified atom stereocenters. The number of methoxy groups -OCH3 is 1. The van der Waals surface area contributed by atoms with Crippen LogP contribution in [0.5, 0.6) is 11.5 Å². The highest BCUT2D eigenvalue weighted by molar-refractivity contribution is 7.85. The minimum Gasteiger partial charge on any atom is -0.495 e. The molecule has 0 saturated carbocycles. The van der Waals surface area contributed by atoms with Crippen molar-refractivity contribution in [3.05, 3.63) is 48.5 Å². The minimum absolute atomic E-state index is 0.332. The number of nitrogen functional groups attached to an aromatic ring is 1. The van der Waals surface area contributed by atoms with Crippen LogP contribution in [0.4, 0.5) is 5.69 Å². The van der Waals surface area contributed by atoms with E-state index in [0.717, 1.165) is 0 Å². The van der Waals surface area contributed by atoms with Crippen LogP contribution in [0.15, 0.2) is 53.4 Å². The summed E-state index contributed by atoms with van der Waals surface area (Å²) in [5, 5.41) is 0. The van der Waals surface area contributed by atoms with Crippen molar-refractivity contribution in [2.24, 2.45) is 0 Å². The van der Waals surface area contributed by atoms with E-state index in [1.165, 1.54) is 0 Å². The molecule has 20 heavy (non-hydrogen) atoms. The molecule has 2 aromatic rings. The highest BCUT2D eigenvalue weighted by atomic mass is 32.2. The molecule has 1 atom stereocenters. The fourth-order valence-electron chi connectivity index (χ4n) is 1.76. The number of para-hydroxylation sites is 3. The molecule has 0 aromatic heterocycles. The van der Waals surface area contributed by atoms with Crippen molar-refractivity contribution in [1.82, 2.24) is 0 Å². The van der Waals surface area contributed by atoms with E-state index < -0.39 is 10.8 Å². The largest absolute Gasteiger partial charge is 0.495 e. The summed E-state index contributed by atoms with van der Waals surface area (Å²) in [5.74, 6) is 1.63. The third-order valence-corrected chi connectivity index (χ3v) is 4.12. The van der Waals surface area contributed by atoms with E-state index in [1.807, 2.05) is 24.3 Å². The molecule has 5 heteroatoms. The van der Waals surface area contributed by atoms with Crippen LogP contribution < -0.4 is 15.2 Å². The molecule has 2 rings (SSSR count). The predicted molar refractivity (Wildman–Crippen MR) is 80.6 cm³/mol. The van der Waals surface area contributed by atoms with E-state index in [4.69, 9.17) is 15.2 Å². The summed E-state index contributed by atoms with van der Waals surface area (Å²) in [6.45, 7) is 0.332. The normalized spacial score (nSPS) is 11.8. The Morgan fingerprint density at radius 3 is 2.40 bits per heavy atom. The lowest BCUT2D eigenvalue weighted by atomic mass is 10.3. The first-order valence-electron chi connectivity index (χ1n) is 6.21. The summed E-state index contributed by atoms with van der Waals surface area (Å²) >= 11 is 0. The van der Waals surface area contributed by atoms with Crippen molar-refractivity contribution in [3.63, 3.8) is 0 Å². The lowest BCUT2D eigenvalue weighted by Gasteiger charge is -2.10. The van der Waals surface area contributed by atoms with E-state index in [1.54, 1.807) is 31.4 Å². The smallest absolute Gasteiger partial charge is 0.142 e. The Balaban J connectivity index is 1.94. The fraction of sp³-hybridized carbons (Fsp3) is 0.200. The number of rotatable bonds is 6. The molecular weight excluding hydrogens is 274 g/mol. The van der Waals surface area contributed by atoms with Gasteiger partial charge in [0.1, 0.15) is 18.1 Å². The highest BCUT2D eigenvalue weighted by Crippen LogP contribution is 2.22. The van der Waals surface area contributed by atoms with Crippen molar-refractivity contribution in [2.75, 3.05) is 25.2 Å². The zero-order chi connectivity index (χ0) is 14.4. The van der Waals surface area contributed by atoms with Gasteiger partial charge in [0.2, 0.25) is 0 Å². The van der Waals surface area contributed by atoms with Crippen LogP contribution in [0.2, 0.25) is 0 Å². The van der Waals surface area contributed by atoms with Crippen molar-refractivity contribution in [2.45, 2.75) is 4.90 Å². The number of nitrogens with two attached hydrogens (primary N) is 1. The Kier molecular flexibility index (Phi) is 5.01. The Morgan fingerprint density at radius 2 is 1.70 bits per heavy atom. The van der Waals surface area contributed by atoms with Gasteiger partial charge in [-0.25, -0.2) is 0 Å². The number of hydrogen-bond donors (Lipinski definition) is 1. The monoisotopic (exact) mass is 291 g/mol. The third-order valence-electron chi connectivity index (χ3n) is 2.76. The van der Waals surface area contributed by atoms with Gasteiger partial charge in [-0.05, 0) is 24.3 Å². The van der Waals surface area contributed by atoms with Crippen LogP contribution in [-0.2, 0) is 10.8 Å². The SMILES string of the molecule is COc1ccccc1S(=O)CCOc1ccccc1N. The van der Waals surface area contributed by atoms with Crippen LogP contribution in [-0.4, -0.2) is 23.7 Å². The van der Waals surface area contributed by atoms with Gasteiger partial charge >= 0.3 is 0 Å². The van der Waals surface area contributed by atoms with E-state index >= 15 is 0 Å². The summed E-state index contributed by atoms with van der Waals surface area (Å²) in [6, 6.07) is 14.5. The van der Waals surface area contributed by atoms with Crippen molar-refractivity contribution < 1.29 is 13.7 Å². The highest BCUT2D eigenvalue weighted by Gasteiger charge is 2.10. The molecule has 2 aromatic carbocycles. The zero-order valence-corrected chi connectivity index (χ0v) is 12.1. The number of benzene rings is 2. The molecule has 0 bridgehead atoms. The first-order valence-corrected chi connectivity index (χ1v) is 7.53. The Bertz CT molecular complexity index is 601. The van der Waals surface area contributed by atoms with Gasteiger partial charge in [0.25, 0.3) is 0 Å². The first kappa shape index (κ1) is 14.4. The minimum atomic E-state index is -1.17. The second-order valence-corrected chi connectivity index (χ2v) is 5.63. The lowest BCUT2D eigenvalue weighted by Crippen LogP contribution is -2.10. The van der Waals surface area contributed by atoms with Crippen LogP contribution >= 0.6 is 0 Å². The topological polar surface area (TPSA) is 61.5 Å². The first-order chi connectivity index (χ1) is 9.72. The maximum atomic E-state index is 12.2. The number of ether oxygens (including phenoxy) is 2. The molecule has 0 amide bonds. The zero-order valence-electron chi connectivity index (χ0n) is 11.2. The summed E-state index contributed by atoms with van der Waals surface area (Å²) in [4.78, 5) is 0.680. The van der Waals surface area contributed by atoms with Crippen LogP contribution in [0.25, 0.3) is 0 Å². The quantitative estimate of drug-likeness (QED) is 0.831. The Labute approximate surface area is 121 Å². The molecule has 0 saturated heterocycles. The molecule has 0 heterocycles.